The molecule has 0 N–H and O–H groups in total. The van der Waals surface area contributed by atoms with Gasteiger partial charge < -0.3 is 17.7 Å². The van der Waals surface area contributed by atoms with Crippen LogP contribution in [0, 0.1) is 6.92 Å². The SMILES string of the molecule is CC(C)(C)c1c(-c2cccc3c2-c2ccccc2C3)cccc1-c1cccc2oc3ccccc3c12.CC(C)(C)c1c(-c2ccccc2)cccc1-c1cccc2c1oc1ccccc12.CC(C)(C)c1c(-c2ccccc2)cccc1-c1cccc2oc3ccccc3c12.[2H]c1c([2H])c(C)c([2H])c(-c2cccc(-c3cccc4c3oc3ccccc34)c2C(C)(C)C)c1[2H]. The van der Waals surface area contributed by atoms with Gasteiger partial charge in [-0.05, 0) is 194 Å². The van der Waals surface area contributed by atoms with Crippen molar-refractivity contribution in [1.82, 2.24) is 0 Å². The van der Waals surface area contributed by atoms with Crippen LogP contribution in [0.2, 0.25) is 0 Å². The summed E-state index contributed by atoms with van der Waals surface area (Å²) in [5.41, 5.74) is 36.2. The normalized spacial score (nSPS) is 12.7. The lowest BCUT2D eigenvalue weighted by molar-refractivity contribution is 0.593. The molecule has 4 nitrogen and oxygen atoms in total. The first-order valence-corrected chi connectivity index (χ1v) is 43.2. The van der Waals surface area contributed by atoms with Gasteiger partial charge in [0.2, 0.25) is 0 Å². The molecule has 22 rings (SSSR count). The summed E-state index contributed by atoms with van der Waals surface area (Å²) in [6.07, 6.45) is 1.00. The molecule has 0 unspecified atom stereocenters. The maximum Gasteiger partial charge on any atom is 0.143 e. The first kappa shape index (κ1) is 75.0. The van der Waals surface area contributed by atoms with E-state index in [1.807, 2.05) is 66.7 Å². The predicted molar refractivity (Wildman–Crippen MR) is 526 cm³/mol. The molecular weight excluding hydrogens is 1510 g/mol. The van der Waals surface area contributed by atoms with E-state index in [4.69, 9.17) is 23.2 Å². The van der Waals surface area contributed by atoms with Gasteiger partial charge in [-0.1, -0.05) is 422 Å². The van der Waals surface area contributed by atoms with Gasteiger partial charge in [0.25, 0.3) is 0 Å². The zero-order valence-electron chi connectivity index (χ0n) is 76.7. The van der Waals surface area contributed by atoms with E-state index in [9.17, 15) is 0 Å². The molecule has 0 saturated heterocycles. The van der Waals surface area contributed by atoms with Crippen LogP contribution in [0.25, 0.3) is 188 Å². The summed E-state index contributed by atoms with van der Waals surface area (Å²) < 4.78 is 58.9. The molecule has 21 aromatic rings. The Labute approximate surface area is 733 Å². The van der Waals surface area contributed by atoms with Crippen molar-refractivity contribution in [3.8, 4) is 100 Å². The highest BCUT2D eigenvalue weighted by atomic mass is 16.3. The van der Waals surface area contributed by atoms with Crippen LogP contribution in [0.15, 0.2) is 388 Å². The maximum atomic E-state index is 8.75. The van der Waals surface area contributed by atoms with Crippen LogP contribution < -0.4 is 0 Å². The van der Waals surface area contributed by atoms with E-state index < -0.39 is 0 Å². The van der Waals surface area contributed by atoms with Crippen LogP contribution in [-0.4, -0.2) is 0 Å². The van der Waals surface area contributed by atoms with Gasteiger partial charge in [-0.25, -0.2) is 0 Å². The van der Waals surface area contributed by atoms with E-state index in [0.717, 1.165) is 89.7 Å². The second kappa shape index (κ2) is 32.1. The van der Waals surface area contributed by atoms with Gasteiger partial charge in [-0.15, -0.1) is 0 Å². The summed E-state index contributed by atoms with van der Waals surface area (Å²) in [6, 6.07) is 121. The van der Waals surface area contributed by atoms with Gasteiger partial charge in [0.15, 0.2) is 0 Å². The summed E-state index contributed by atoms with van der Waals surface area (Å²) in [7, 11) is 0. The van der Waals surface area contributed by atoms with E-state index in [1.165, 1.54) is 132 Å². The second-order valence-electron chi connectivity index (χ2n) is 36.9. The first-order valence-electron chi connectivity index (χ1n) is 45.2. The zero-order valence-corrected chi connectivity index (χ0v) is 72.7. The molecule has 124 heavy (non-hydrogen) atoms. The number of benzene rings is 17. The molecule has 0 atom stereocenters. The molecule has 4 aromatic heterocycles. The number of furan rings is 4. The number of hydrogen-bond acceptors (Lipinski definition) is 4. The third-order valence-electron chi connectivity index (χ3n) is 24.3. The van der Waals surface area contributed by atoms with Crippen molar-refractivity contribution < 1.29 is 23.2 Å². The molecule has 0 bridgehead atoms. The summed E-state index contributed by atoms with van der Waals surface area (Å²) in [5.74, 6) is 0. The fourth-order valence-electron chi connectivity index (χ4n) is 19.4. The molecule has 0 spiro atoms. The highest BCUT2D eigenvalue weighted by molar-refractivity contribution is 6.16. The van der Waals surface area contributed by atoms with Crippen LogP contribution in [-0.2, 0) is 28.1 Å². The van der Waals surface area contributed by atoms with Crippen molar-refractivity contribution in [2.75, 3.05) is 0 Å². The molecule has 4 heterocycles. The lowest BCUT2D eigenvalue weighted by Gasteiger charge is -2.28. The topological polar surface area (TPSA) is 52.6 Å². The quantitative estimate of drug-likeness (QED) is 0.152. The summed E-state index contributed by atoms with van der Waals surface area (Å²) in [6.45, 7) is 28.8. The third-order valence-corrected chi connectivity index (χ3v) is 24.3. The lowest BCUT2D eigenvalue weighted by Crippen LogP contribution is -2.15. The molecule has 1 aliphatic rings. The van der Waals surface area contributed by atoms with Crippen LogP contribution in [0.5, 0.6) is 0 Å². The van der Waals surface area contributed by atoms with Crippen LogP contribution in [0.4, 0.5) is 0 Å². The van der Waals surface area contributed by atoms with Crippen LogP contribution >= 0.6 is 0 Å². The summed E-state index contributed by atoms with van der Waals surface area (Å²) in [4.78, 5) is 0. The fourth-order valence-corrected chi connectivity index (χ4v) is 19.4. The minimum atomic E-state index is -0.325. The van der Waals surface area contributed by atoms with Crippen molar-refractivity contribution in [2.45, 2.75) is 118 Å². The monoisotopic (exact) mass is 1610 g/mol. The Kier molecular flexibility index (Phi) is 19.4. The third kappa shape index (κ3) is 14.8. The summed E-state index contributed by atoms with van der Waals surface area (Å²) >= 11 is 0. The Hall–Kier alpha value is -14.1. The molecule has 0 amide bonds. The highest BCUT2D eigenvalue weighted by Gasteiger charge is 2.32. The number of fused-ring (bicyclic) bond motifs is 15. The van der Waals surface area contributed by atoms with Crippen molar-refractivity contribution >= 4 is 87.8 Å². The Morgan fingerprint density at radius 3 is 0.968 bits per heavy atom. The van der Waals surface area contributed by atoms with E-state index >= 15 is 0 Å². The Bertz CT molecular complexity index is 7840. The average molecular weight is 1610 g/mol. The predicted octanol–water partition coefficient (Wildman–Crippen LogP) is 34.7. The van der Waals surface area contributed by atoms with Crippen molar-refractivity contribution in [2.24, 2.45) is 0 Å². The maximum absolute atomic E-state index is 8.75. The Morgan fingerprint density at radius 2 is 0.516 bits per heavy atom. The van der Waals surface area contributed by atoms with Crippen molar-refractivity contribution in [3.63, 3.8) is 0 Å². The zero-order chi connectivity index (χ0) is 88.8. The first-order chi connectivity index (χ1) is 61.7. The minimum Gasteiger partial charge on any atom is -0.456 e. The van der Waals surface area contributed by atoms with Gasteiger partial charge in [-0.2, -0.15) is 0 Å². The summed E-state index contributed by atoms with van der Waals surface area (Å²) in [5, 5.41) is 9.17. The standard InChI is InChI=1S/C35H28O.C29H26O.2C28H24O/c1-35(2,3)34-27(25-15-8-12-23-21-22-11-4-5-13-24(22)32(23)25)17-9-18-28(34)26-16-10-20-31-33(26)29-14-6-7-19-30(29)36-31;1-19-10-7-11-20(18-19)21-13-8-14-23(27(21)29(2,3)4)25-16-9-15-24-22-12-5-6-17-26(22)30-28(24)25;1-28(2,3)27-20(19-11-5-4-6-12-19)14-9-16-22(27)21-15-10-18-25-26(21)23-13-7-8-17-24(23)29-25;1-28(2,3)26-20(19-11-5-4-6-12-19)14-9-15-22(26)24-17-10-16-23-21-13-7-8-18-25(21)29-27(23)24/h4-20H,21H2,1-3H3;5-18H,1-4H3;2*4-18H,1-3H3/i;7D,10D,11D,18D;;. The van der Waals surface area contributed by atoms with E-state index in [-0.39, 0.29) is 45.8 Å². The smallest absolute Gasteiger partial charge is 0.143 e. The fraction of sp³-hybridized carbons (Fsp3) is 0.150. The molecule has 4 heteroatoms. The van der Waals surface area contributed by atoms with E-state index in [2.05, 4.69) is 362 Å². The van der Waals surface area contributed by atoms with Gasteiger partial charge in [0, 0.05) is 54.2 Å². The van der Waals surface area contributed by atoms with Crippen LogP contribution in [0.3, 0.4) is 0 Å². The van der Waals surface area contributed by atoms with Crippen LogP contribution in [0.1, 0.15) is 128 Å². The van der Waals surface area contributed by atoms with Crippen molar-refractivity contribution in [3.05, 3.63) is 409 Å². The molecule has 0 saturated carbocycles. The molecule has 0 radical (unpaired) electrons. The number of hydrogen-bond donors (Lipinski definition) is 0. The van der Waals surface area contributed by atoms with E-state index in [1.54, 1.807) is 6.92 Å². The lowest BCUT2D eigenvalue weighted by atomic mass is 9.76. The molecular formula is C120H102O4. The second-order valence-corrected chi connectivity index (χ2v) is 36.9. The van der Waals surface area contributed by atoms with Gasteiger partial charge in [0.1, 0.15) is 44.7 Å². The minimum absolute atomic E-state index is 0.0104. The molecule has 1 aliphatic carbocycles. The van der Waals surface area contributed by atoms with Gasteiger partial charge in [-0.3, -0.25) is 0 Å². The molecule has 606 valence electrons. The molecule has 0 aliphatic heterocycles. The number of para-hydroxylation sites is 6. The van der Waals surface area contributed by atoms with Crippen molar-refractivity contribution in [1.29, 1.82) is 0 Å². The Morgan fingerprint density at radius 1 is 0.226 bits per heavy atom. The number of rotatable bonds is 8. The Balaban J connectivity index is 0.000000112. The average Bonchev–Trinajstić information content (AvgIpc) is 1.41. The molecule has 17 aromatic carbocycles. The molecule has 0 fully saturated rings. The van der Waals surface area contributed by atoms with Gasteiger partial charge in [0.05, 0.1) is 5.48 Å². The highest BCUT2D eigenvalue weighted by Crippen LogP contribution is 2.52. The van der Waals surface area contributed by atoms with Gasteiger partial charge >= 0.3 is 0 Å². The van der Waals surface area contributed by atoms with E-state index in [0.29, 0.717) is 11.1 Å². The largest absolute Gasteiger partial charge is 0.456 e.